The van der Waals surface area contributed by atoms with Crippen LogP contribution in [-0.2, 0) is 85.3 Å². The van der Waals surface area contributed by atoms with Gasteiger partial charge in [0.05, 0.1) is 224 Å². The number of aliphatic carboxylic acids is 1. The molecule has 0 aromatic heterocycles. The van der Waals surface area contributed by atoms with Crippen LogP contribution in [0.1, 0.15) is 13.3 Å². The monoisotopic (exact) mass is 822 g/mol. The molecule has 0 aliphatic heterocycles. The van der Waals surface area contributed by atoms with Gasteiger partial charge in [-0.1, -0.05) is 0 Å². The Kier molecular flexibility index (Phi) is 50.7. The van der Waals surface area contributed by atoms with Crippen LogP contribution in [0.15, 0.2) is 0 Å². The third kappa shape index (κ3) is 52.8. The molecule has 0 fully saturated rings. The van der Waals surface area contributed by atoms with Crippen LogP contribution in [0.25, 0.3) is 0 Å². The lowest BCUT2D eigenvalue weighted by Gasteiger charge is -2.09. The molecule has 0 bridgehead atoms. The Labute approximate surface area is 334 Å². The quantitative estimate of drug-likeness (QED) is 0.0845. The lowest BCUT2D eigenvalue weighted by atomic mass is 10.5. The lowest BCUT2D eigenvalue weighted by molar-refractivity contribution is -0.138. The van der Waals surface area contributed by atoms with Gasteiger partial charge in [-0.3, -0.25) is 4.79 Å². The second-order valence-corrected chi connectivity index (χ2v) is 11.1. The molecule has 0 unspecified atom stereocenters. The van der Waals surface area contributed by atoms with Gasteiger partial charge in [-0.05, 0) is 6.92 Å². The number of carbonyl (C=O) groups is 1. The predicted molar refractivity (Wildman–Crippen MR) is 202 cm³/mol. The van der Waals surface area contributed by atoms with E-state index in [-0.39, 0.29) is 13.0 Å². The van der Waals surface area contributed by atoms with Crippen LogP contribution >= 0.6 is 0 Å². The van der Waals surface area contributed by atoms with Crippen molar-refractivity contribution in [2.75, 3.05) is 225 Å². The van der Waals surface area contributed by atoms with Gasteiger partial charge in [-0.2, -0.15) is 0 Å². The number of carboxylic acid groups (broad SMARTS) is 1. The molecule has 0 saturated heterocycles. The normalized spacial score (nSPS) is 11.6. The predicted octanol–water partition coefficient (Wildman–Crippen LogP) is 0.763. The molecule has 0 radical (unpaired) electrons. The second-order valence-electron chi connectivity index (χ2n) is 11.1. The highest BCUT2D eigenvalue weighted by molar-refractivity contribution is 5.66. The minimum absolute atomic E-state index is 0.00580. The number of hydrogen-bond donors (Lipinski definition) is 1. The van der Waals surface area contributed by atoms with Crippen LogP contribution in [0.2, 0.25) is 0 Å². The minimum Gasteiger partial charge on any atom is -0.481 e. The largest absolute Gasteiger partial charge is 0.481 e. The molecule has 0 saturated carbocycles. The van der Waals surface area contributed by atoms with Crippen molar-refractivity contribution in [3.8, 4) is 0 Å². The van der Waals surface area contributed by atoms with Crippen LogP contribution in [0, 0.1) is 0 Å². The van der Waals surface area contributed by atoms with Gasteiger partial charge in [-0.15, -0.1) is 0 Å². The summed E-state index contributed by atoms with van der Waals surface area (Å²) < 4.78 is 92.0. The van der Waals surface area contributed by atoms with E-state index in [0.717, 1.165) is 0 Å². The molecule has 0 aromatic rings. The third-order valence-corrected chi connectivity index (χ3v) is 6.62. The van der Waals surface area contributed by atoms with E-state index in [1.165, 1.54) is 0 Å². The van der Waals surface area contributed by atoms with Crippen LogP contribution in [0.3, 0.4) is 0 Å². The summed E-state index contributed by atoms with van der Waals surface area (Å²) in [6.45, 7) is 18.7. The van der Waals surface area contributed by atoms with Crippen LogP contribution < -0.4 is 0 Å². The molecular formula is C37H74O19. The van der Waals surface area contributed by atoms with Crippen LogP contribution in [0.5, 0.6) is 0 Å². The Bertz CT molecular complexity index is 727. The van der Waals surface area contributed by atoms with Crippen molar-refractivity contribution in [1.29, 1.82) is 0 Å². The second kappa shape index (κ2) is 51.8. The van der Waals surface area contributed by atoms with Gasteiger partial charge in [0.15, 0.2) is 0 Å². The zero-order valence-corrected chi connectivity index (χ0v) is 34.0. The van der Waals surface area contributed by atoms with Crippen LogP contribution in [0.4, 0.5) is 0 Å². The minimum atomic E-state index is -0.877. The average molecular weight is 823 g/mol. The highest BCUT2D eigenvalue weighted by Crippen LogP contribution is 1.89. The summed E-state index contributed by atoms with van der Waals surface area (Å²) in [6.07, 6.45) is -0.00580. The lowest BCUT2D eigenvalue weighted by Crippen LogP contribution is -2.16. The van der Waals surface area contributed by atoms with E-state index in [1.54, 1.807) is 0 Å². The van der Waals surface area contributed by atoms with Crippen molar-refractivity contribution in [3.05, 3.63) is 0 Å². The fourth-order valence-electron chi connectivity index (χ4n) is 3.82. The molecule has 0 heterocycles. The maximum absolute atomic E-state index is 10.3. The first-order valence-electron chi connectivity index (χ1n) is 19.8. The Hall–Kier alpha value is -1.21. The Balaban J connectivity index is 3.06. The molecule has 0 amide bonds. The molecule has 0 aliphatic rings. The van der Waals surface area contributed by atoms with Crippen LogP contribution in [-0.4, -0.2) is 236 Å². The first kappa shape index (κ1) is 54.8. The number of hydrogen-bond acceptors (Lipinski definition) is 18. The van der Waals surface area contributed by atoms with Crippen molar-refractivity contribution in [2.24, 2.45) is 0 Å². The van der Waals surface area contributed by atoms with Gasteiger partial charge in [0.2, 0.25) is 0 Å². The molecule has 0 aliphatic carbocycles. The maximum atomic E-state index is 10.3. The van der Waals surface area contributed by atoms with Gasteiger partial charge >= 0.3 is 5.97 Å². The van der Waals surface area contributed by atoms with E-state index in [1.807, 2.05) is 6.92 Å². The Morgan fingerprint density at radius 1 is 0.250 bits per heavy atom. The number of carboxylic acids is 1. The molecule has 0 spiro atoms. The molecule has 19 heteroatoms. The molecule has 0 atom stereocenters. The zero-order chi connectivity index (χ0) is 40.3. The summed E-state index contributed by atoms with van der Waals surface area (Å²) in [5.41, 5.74) is 0. The average Bonchev–Trinajstić information content (AvgIpc) is 3.20. The number of ether oxygens (including phenoxy) is 17. The summed E-state index contributed by atoms with van der Waals surface area (Å²) in [5.74, 6) is -0.877. The fraction of sp³-hybridized carbons (Fsp3) is 0.973. The molecule has 336 valence electrons. The number of rotatable bonds is 52. The summed E-state index contributed by atoms with van der Waals surface area (Å²) in [7, 11) is 0. The van der Waals surface area contributed by atoms with Crippen molar-refractivity contribution in [1.82, 2.24) is 0 Å². The van der Waals surface area contributed by atoms with E-state index in [4.69, 9.17) is 85.6 Å². The highest BCUT2D eigenvalue weighted by Gasteiger charge is 1.99. The maximum Gasteiger partial charge on any atom is 0.305 e. The van der Waals surface area contributed by atoms with Gasteiger partial charge in [-0.25, -0.2) is 0 Å². The van der Waals surface area contributed by atoms with Crippen molar-refractivity contribution in [3.63, 3.8) is 0 Å². The SMILES string of the molecule is CCOCCOCCOCCOCCOCCOCCOCCOCCOCCOCCOCCOCCOCCOCCOCCOCCOCCC(=O)O. The standard InChI is InChI=1S/C37H74O19/c1-2-40-5-6-42-9-10-44-13-14-46-17-18-48-21-22-50-25-26-52-29-30-54-33-34-56-36-35-55-32-31-53-28-27-51-24-23-49-20-19-47-16-15-45-12-11-43-8-7-41-4-3-37(38)39/h2-36H2,1H3,(H,38,39). The smallest absolute Gasteiger partial charge is 0.305 e. The van der Waals surface area contributed by atoms with E-state index in [2.05, 4.69) is 0 Å². The van der Waals surface area contributed by atoms with Gasteiger partial charge in [0.1, 0.15) is 0 Å². The molecule has 1 N–H and O–H groups in total. The fourth-order valence-corrected chi connectivity index (χ4v) is 3.82. The molecule has 0 rings (SSSR count). The first-order chi connectivity index (χ1) is 27.8. The third-order valence-electron chi connectivity index (χ3n) is 6.62. The van der Waals surface area contributed by atoms with Gasteiger partial charge in [0.25, 0.3) is 0 Å². The highest BCUT2D eigenvalue weighted by atomic mass is 16.6. The van der Waals surface area contributed by atoms with E-state index < -0.39 is 5.97 Å². The molecule has 19 nitrogen and oxygen atoms in total. The van der Waals surface area contributed by atoms with E-state index in [0.29, 0.717) is 218 Å². The molecule has 0 aromatic carbocycles. The zero-order valence-electron chi connectivity index (χ0n) is 34.0. The summed E-state index contributed by atoms with van der Waals surface area (Å²) in [4.78, 5) is 10.3. The summed E-state index contributed by atoms with van der Waals surface area (Å²) >= 11 is 0. The van der Waals surface area contributed by atoms with E-state index in [9.17, 15) is 4.79 Å². The summed E-state index contributed by atoms with van der Waals surface area (Å²) in [5, 5.41) is 8.50. The molecule has 56 heavy (non-hydrogen) atoms. The van der Waals surface area contributed by atoms with Gasteiger partial charge in [0, 0.05) is 6.61 Å². The summed E-state index contributed by atoms with van der Waals surface area (Å²) in [6, 6.07) is 0. The Morgan fingerprint density at radius 3 is 0.500 bits per heavy atom. The van der Waals surface area contributed by atoms with E-state index >= 15 is 0 Å². The van der Waals surface area contributed by atoms with Crippen molar-refractivity contribution >= 4 is 5.97 Å². The van der Waals surface area contributed by atoms with Crippen molar-refractivity contribution in [2.45, 2.75) is 13.3 Å². The van der Waals surface area contributed by atoms with Gasteiger partial charge < -0.3 is 85.6 Å². The Morgan fingerprint density at radius 2 is 0.375 bits per heavy atom. The molecular weight excluding hydrogens is 748 g/mol. The van der Waals surface area contributed by atoms with Crippen molar-refractivity contribution < 1.29 is 90.4 Å². The first-order valence-corrected chi connectivity index (χ1v) is 19.8. The topological polar surface area (TPSA) is 194 Å².